The summed E-state index contributed by atoms with van der Waals surface area (Å²) in [5, 5.41) is 9.41. The second kappa shape index (κ2) is 8.03. The van der Waals surface area contributed by atoms with Crippen LogP contribution in [-0.4, -0.2) is 52.3 Å². The topological polar surface area (TPSA) is 71.8 Å². The summed E-state index contributed by atoms with van der Waals surface area (Å²) in [6.07, 6.45) is 1.95. The van der Waals surface area contributed by atoms with E-state index in [0.717, 1.165) is 35.5 Å². The number of ether oxygens (including phenoxy) is 1. The minimum atomic E-state index is -0.764. The number of aliphatic carboxylic acids is 1. The maximum atomic E-state index is 13.2. The van der Waals surface area contributed by atoms with Gasteiger partial charge in [-0.15, -0.1) is 0 Å². The average Bonchev–Trinajstić information content (AvgIpc) is 3.33. The quantitative estimate of drug-likeness (QED) is 0.859. The van der Waals surface area contributed by atoms with Gasteiger partial charge in [0.05, 0.1) is 17.6 Å². The Labute approximate surface area is 171 Å². The van der Waals surface area contributed by atoms with E-state index in [9.17, 15) is 14.7 Å². The fourth-order valence-corrected chi connectivity index (χ4v) is 4.90. The Hall–Kier alpha value is -2.60. The van der Waals surface area contributed by atoms with Crippen LogP contribution >= 0.6 is 0 Å². The highest BCUT2D eigenvalue weighted by Crippen LogP contribution is 2.34. The van der Waals surface area contributed by atoms with E-state index in [1.165, 1.54) is 0 Å². The van der Waals surface area contributed by atoms with Gasteiger partial charge < -0.3 is 19.3 Å². The van der Waals surface area contributed by atoms with Crippen molar-refractivity contribution in [1.29, 1.82) is 0 Å². The first kappa shape index (κ1) is 19.7. The third-order valence-corrected chi connectivity index (χ3v) is 6.42. The second-order valence-corrected chi connectivity index (χ2v) is 8.15. The van der Waals surface area contributed by atoms with E-state index in [1.807, 2.05) is 55.1 Å². The zero-order valence-electron chi connectivity index (χ0n) is 17.0. The van der Waals surface area contributed by atoms with Crippen molar-refractivity contribution in [1.82, 2.24) is 9.47 Å². The van der Waals surface area contributed by atoms with Crippen LogP contribution < -0.4 is 0 Å². The number of likely N-dealkylation sites (tertiary alicyclic amines) is 1. The lowest BCUT2D eigenvalue weighted by Crippen LogP contribution is -2.43. The molecule has 0 saturated carbocycles. The van der Waals surface area contributed by atoms with Gasteiger partial charge in [0.1, 0.15) is 0 Å². The number of para-hydroxylation sites is 1. The van der Waals surface area contributed by atoms with Crippen molar-refractivity contribution in [2.75, 3.05) is 19.7 Å². The molecule has 2 aliphatic heterocycles. The molecule has 1 N–H and O–H groups in total. The smallest absolute Gasteiger partial charge is 0.309 e. The summed E-state index contributed by atoms with van der Waals surface area (Å²) in [6.45, 7) is 5.82. The Kier molecular flexibility index (Phi) is 5.46. The first-order valence-corrected chi connectivity index (χ1v) is 10.4. The number of carbonyl (C=O) groups excluding carboxylic acids is 1. The lowest BCUT2D eigenvalue weighted by atomic mass is 9.84. The van der Waals surface area contributed by atoms with Gasteiger partial charge in [-0.3, -0.25) is 9.59 Å². The monoisotopic (exact) mass is 396 g/mol. The van der Waals surface area contributed by atoms with E-state index in [1.54, 1.807) is 0 Å². The summed E-state index contributed by atoms with van der Waals surface area (Å²) in [6, 6.07) is 12.0. The van der Waals surface area contributed by atoms with E-state index in [0.29, 0.717) is 26.1 Å². The first-order valence-electron chi connectivity index (χ1n) is 10.4. The largest absolute Gasteiger partial charge is 0.481 e. The number of aromatic nitrogens is 1. The van der Waals surface area contributed by atoms with Crippen LogP contribution in [0.4, 0.5) is 0 Å². The highest BCUT2D eigenvalue weighted by atomic mass is 16.5. The number of carbonyl (C=O) groups is 2. The van der Waals surface area contributed by atoms with Gasteiger partial charge in [-0.1, -0.05) is 18.2 Å². The lowest BCUT2D eigenvalue weighted by Gasteiger charge is -2.35. The van der Waals surface area contributed by atoms with Crippen LogP contribution in [-0.2, 0) is 9.53 Å². The van der Waals surface area contributed by atoms with Crippen molar-refractivity contribution in [2.45, 2.75) is 39.2 Å². The van der Waals surface area contributed by atoms with E-state index in [4.69, 9.17) is 4.74 Å². The number of hydrogen-bond acceptors (Lipinski definition) is 3. The number of hydrogen-bond donors (Lipinski definition) is 1. The first-order chi connectivity index (χ1) is 14.0. The number of rotatable bonds is 4. The fourth-order valence-electron chi connectivity index (χ4n) is 4.90. The molecule has 29 heavy (non-hydrogen) atoms. The van der Waals surface area contributed by atoms with E-state index < -0.39 is 11.9 Å². The number of nitrogens with zero attached hydrogens (tertiary/aromatic N) is 2. The van der Waals surface area contributed by atoms with Gasteiger partial charge in [0.15, 0.2) is 0 Å². The molecule has 2 atom stereocenters. The van der Waals surface area contributed by atoms with Crippen LogP contribution in [0.3, 0.4) is 0 Å². The van der Waals surface area contributed by atoms with Gasteiger partial charge in [0.25, 0.3) is 5.91 Å². The standard InChI is InChI=1S/C23H28N2O4/c1-15-14-20(16(2)25(15)18-6-4-3-5-7-18)22(26)24-11-8-17(9-12-24)21-19(23(27)28)10-13-29-21/h3-7,14,17,19,21H,8-13H2,1-2H3,(H,27,28)/t19?,21-/m0/s1. The zero-order valence-corrected chi connectivity index (χ0v) is 17.0. The average molecular weight is 396 g/mol. The van der Waals surface area contributed by atoms with Gasteiger partial charge in [0, 0.05) is 36.8 Å². The number of amides is 1. The summed E-state index contributed by atoms with van der Waals surface area (Å²) >= 11 is 0. The Balaban J connectivity index is 1.46. The molecule has 2 aliphatic rings. The van der Waals surface area contributed by atoms with Crippen LogP contribution in [0, 0.1) is 25.7 Å². The molecule has 0 radical (unpaired) electrons. The third kappa shape index (κ3) is 3.69. The zero-order chi connectivity index (χ0) is 20.5. The third-order valence-electron chi connectivity index (χ3n) is 6.42. The van der Waals surface area contributed by atoms with Crippen LogP contribution in [0.15, 0.2) is 36.4 Å². The molecule has 0 aliphatic carbocycles. The Morgan fingerprint density at radius 1 is 1.07 bits per heavy atom. The van der Waals surface area contributed by atoms with Gasteiger partial charge in [-0.05, 0) is 57.2 Å². The predicted octanol–water partition coefficient (Wildman–Crippen LogP) is 3.44. The summed E-state index contributed by atoms with van der Waals surface area (Å²) in [4.78, 5) is 26.6. The molecule has 154 valence electrons. The highest BCUT2D eigenvalue weighted by molar-refractivity contribution is 5.96. The number of benzene rings is 1. The summed E-state index contributed by atoms with van der Waals surface area (Å²) < 4.78 is 7.86. The molecule has 1 aromatic carbocycles. The van der Waals surface area contributed by atoms with Crippen LogP contribution in [0.2, 0.25) is 0 Å². The molecular formula is C23H28N2O4. The second-order valence-electron chi connectivity index (χ2n) is 8.15. The molecule has 6 heteroatoms. The van der Waals surface area contributed by atoms with Gasteiger partial charge in [-0.25, -0.2) is 0 Å². The Morgan fingerprint density at radius 2 is 1.76 bits per heavy atom. The van der Waals surface area contributed by atoms with E-state index in [-0.39, 0.29) is 17.9 Å². The molecule has 2 saturated heterocycles. The molecule has 0 spiro atoms. The van der Waals surface area contributed by atoms with Crippen molar-refractivity contribution in [2.24, 2.45) is 11.8 Å². The fraction of sp³-hybridized carbons (Fsp3) is 0.478. The molecule has 0 bridgehead atoms. The van der Waals surface area contributed by atoms with Crippen LogP contribution in [0.5, 0.6) is 0 Å². The number of carboxylic acids is 1. The molecule has 3 heterocycles. The molecule has 1 amide bonds. The SMILES string of the molecule is Cc1cc(C(=O)N2CCC([C@@H]3OCCC3C(=O)O)CC2)c(C)n1-c1ccccc1. The van der Waals surface area contributed by atoms with Crippen molar-refractivity contribution in [3.8, 4) is 5.69 Å². The number of carboxylic acid groups (broad SMARTS) is 1. The van der Waals surface area contributed by atoms with Gasteiger partial charge in [-0.2, -0.15) is 0 Å². The molecule has 2 aromatic rings. The Bertz CT molecular complexity index is 897. The highest BCUT2D eigenvalue weighted by Gasteiger charge is 2.41. The minimum Gasteiger partial charge on any atom is -0.481 e. The molecular weight excluding hydrogens is 368 g/mol. The maximum Gasteiger partial charge on any atom is 0.309 e. The van der Waals surface area contributed by atoms with Crippen molar-refractivity contribution in [3.05, 3.63) is 53.3 Å². The van der Waals surface area contributed by atoms with Gasteiger partial charge >= 0.3 is 5.97 Å². The van der Waals surface area contributed by atoms with E-state index in [2.05, 4.69) is 4.57 Å². The molecule has 1 aromatic heterocycles. The molecule has 6 nitrogen and oxygen atoms in total. The van der Waals surface area contributed by atoms with Crippen LogP contribution in [0.25, 0.3) is 5.69 Å². The Morgan fingerprint density at radius 3 is 2.41 bits per heavy atom. The molecule has 4 rings (SSSR count). The number of aryl methyl sites for hydroxylation is 1. The predicted molar refractivity (Wildman–Crippen MR) is 109 cm³/mol. The van der Waals surface area contributed by atoms with Crippen LogP contribution in [0.1, 0.15) is 41.0 Å². The number of piperidine rings is 1. The lowest BCUT2D eigenvalue weighted by molar-refractivity contribution is -0.145. The normalized spacial score (nSPS) is 22.8. The maximum absolute atomic E-state index is 13.2. The van der Waals surface area contributed by atoms with Gasteiger partial charge in [0.2, 0.25) is 0 Å². The van der Waals surface area contributed by atoms with E-state index >= 15 is 0 Å². The summed E-state index contributed by atoms with van der Waals surface area (Å²) in [5.41, 5.74) is 3.78. The van der Waals surface area contributed by atoms with Crippen molar-refractivity contribution >= 4 is 11.9 Å². The summed E-state index contributed by atoms with van der Waals surface area (Å²) in [7, 11) is 0. The molecule has 2 fully saturated rings. The van der Waals surface area contributed by atoms with Crippen molar-refractivity contribution < 1.29 is 19.4 Å². The molecule has 1 unspecified atom stereocenters. The van der Waals surface area contributed by atoms with Crippen molar-refractivity contribution in [3.63, 3.8) is 0 Å². The summed E-state index contributed by atoms with van der Waals surface area (Å²) in [5.74, 6) is -0.910. The minimum absolute atomic E-state index is 0.0563.